The van der Waals surface area contributed by atoms with E-state index < -0.39 is 10.8 Å². The van der Waals surface area contributed by atoms with Gasteiger partial charge in [-0.15, -0.1) is 55.4 Å². The van der Waals surface area contributed by atoms with E-state index in [-0.39, 0.29) is 18.2 Å². The minimum Gasteiger partial charge on any atom is -0.314 e. The molecule has 0 spiro atoms. The van der Waals surface area contributed by atoms with Gasteiger partial charge in [-0.3, -0.25) is 4.21 Å². The highest BCUT2D eigenvalue weighted by Crippen LogP contribution is 2.61. The van der Waals surface area contributed by atoms with Gasteiger partial charge in [-0.1, -0.05) is 19.6 Å². The van der Waals surface area contributed by atoms with Crippen LogP contribution in [0.5, 0.6) is 0 Å². The van der Waals surface area contributed by atoms with Crippen LogP contribution in [0, 0.1) is 35.5 Å². The van der Waals surface area contributed by atoms with E-state index >= 15 is 0 Å². The summed E-state index contributed by atoms with van der Waals surface area (Å²) in [7, 11) is 3.35. The van der Waals surface area contributed by atoms with E-state index in [0.29, 0.717) is 5.41 Å². The summed E-state index contributed by atoms with van der Waals surface area (Å²) in [6.45, 7) is 0. The second-order valence-corrected chi connectivity index (χ2v) is 20.1. The van der Waals surface area contributed by atoms with Crippen molar-refractivity contribution in [2.45, 2.75) is 105 Å². The van der Waals surface area contributed by atoms with Gasteiger partial charge in [0.2, 0.25) is 0 Å². The van der Waals surface area contributed by atoms with Gasteiger partial charge in [0.05, 0.1) is 5.34 Å². The van der Waals surface area contributed by atoms with Gasteiger partial charge < -0.3 is 9.13 Å². The fourth-order valence-electron chi connectivity index (χ4n) is 12.4. The third-order valence-corrected chi connectivity index (χ3v) is 15.2. The Morgan fingerprint density at radius 3 is 1.26 bits per heavy atom. The van der Waals surface area contributed by atoms with Gasteiger partial charge in [0, 0.05) is 62.9 Å². The third-order valence-electron chi connectivity index (χ3n) is 13.6. The molecule has 8 fully saturated rings. The summed E-state index contributed by atoms with van der Waals surface area (Å²) in [5.74, 6) is 9.95. The van der Waals surface area contributed by atoms with Crippen LogP contribution in [0.15, 0.2) is 58.3 Å². The van der Waals surface area contributed by atoms with Crippen molar-refractivity contribution in [1.82, 2.24) is 29.5 Å². The van der Waals surface area contributed by atoms with Gasteiger partial charge in [-0.2, -0.15) is 0 Å². The summed E-state index contributed by atoms with van der Waals surface area (Å²) in [4.78, 5) is 2.15. The molecule has 2 aromatic carbocycles. The van der Waals surface area contributed by atoms with Gasteiger partial charge >= 0.3 is 0 Å². The molecule has 53 heavy (non-hydrogen) atoms. The average molecular weight is 796 g/mol. The lowest BCUT2D eigenvalue weighted by Gasteiger charge is -2.56. The second-order valence-electron chi connectivity index (χ2n) is 17.0. The Bertz CT molecular complexity index is 1830. The summed E-state index contributed by atoms with van der Waals surface area (Å²) >= 11 is 11.3. The molecule has 8 bridgehead atoms. The molecule has 7 nitrogen and oxygen atoms in total. The van der Waals surface area contributed by atoms with Crippen LogP contribution in [-0.4, -0.2) is 51.6 Å². The van der Waals surface area contributed by atoms with Gasteiger partial charge in [-0.25, -0.2) is 0 Å². The topological polar surface area (TPSA) is 78.5 Å². The first-order chi connectivity index (χ1) is 25.1. The largest absolute Gasteiger partial charge is 0.314 e. The summed E-state index contributed by atoms with van der Waals surface area (Å²) in [6.07, 6.45) is 20.5. The Labute approximate surface area is 333 Å². The third kappa shape index (κ3) is 7.42. The van der Waals surface area contributed by atoms with E-state index in [0.717, 1.165) is 57.6 Å². The van der Waals surface area contributed by atoms with Crippen molar-refractivity contribution in [1.29, 1.82) is 0 Å². The van der Waals surface area contributed by atoms with Crippen LogP contribution in [0.4, 0.5) is 0 Å². The number of hydrogen-bond acceptors (Lipinski definition) is 6. The van der Waals surface area contributed by atoms with Crippen molar-refractivity contribution in [3.8, 4) is 22.8 Å². The van der Waals surface area contributed by atoms with Crippen LogP contribution in [0.3, 0.4) is 0 Å². The first-order valence-corrected chi connectivity index (χ1v) is 23.0. The zero-order chi connectivity index (χ0) is 36.2. The molecule has 286 valence electrons. The fourth-order valence-corrected chi connectivity index (χ4v) is 13.3. The molecule has 1 atom stereocenters. The van der Waals surface area contributed by atoms with Gasteiger partial charge in [0.15, 0.2) is 11.6 Å². The molecule has 8 aliphatic carbocycles. The van der Waals surface area contributed by atoms with Crippen LogP contribution >= 0.6 is 35.0 Å². The highest BCUT2D eigenvalue weighted by molar-refractivity contribution is 7.98. The summed E-state index contributed by atoms with van der Waals surface area (Å²) in [5.41, 5.74) is 2.81. The zero-order valence-electron chi connectivity index (χ0n) is 30.9. The lowest BCUT2D eigenvalue weighted by Crippen LogP contribution is -2.49. The van der Waals surface area contributed by atoms with E-state index in [9.17, 15) is 4.21 Å². The number of nitrogens with zero attached hydrogens (tertiary/aromatic N) is 6. The van der Waals surface area contributed by atoms with E-state index in [1.807, 2.05) is 24.3 Å². The van der Waals surface area contributed by atoms with Crippen molar-refractivity contribution in [2.75, 3.05) is 17.9 Å². The normalized spacial score (nSPS) is 32.0. The molecule has 2 heterocycles. The van der Waals surface area contributed by atoms with Gasteiger partial charge in [-0.05, 0) is 155 Å². The molecule has 2 aromatic heterocycles. The first-order valence-electron chi connectivity index (χ1n) is 19.1. The minimum absolute atomic E-state index is 0. The number of hydrogen-bond donors (Lipinski definition) is 0. The smallest absolute Gasteiger partial charge is 0.163 e. The molecule has 0 aliphatic heterocycles. The quantitative estimate of drug-likeness (QED) is 0.143. The molecule has 0 saturated heterocycles. The molecule has 4 aromatic rings. The van der Waals surface area contributed by atoms with E-state index in [1.54, 1.807) is 18.0 Å². The number of alkyl halides is 2. The Hall–Kier alpha value is -2.20. The fraction of sp³-hybridized carbons (Fsp3) is 0.619. The van der Waals surface area contributed by atoms with Crippen molar-refractivity contribution >= 4 is 45.8 Å². The molecule has 0 amide bonds. The number of thioether (sulfide) groups is 1. The zero-order valence-corrected chi connectivity index (χ0v) is 34.1. The van der Waals surface area contributed by atoms with Crippen molar-refractivity contribution in [3.63, 3.8) is 0 Å². The Balaban J connectivity index is 0.000000151. The number of benzene rings is 2. The summed E-state index contributed by atoms with van der Waals surface area (Å²) in [5, 5.41) is 18.8. The standard InChI is InChI=1S/C20H25N3OS.C20H25N3S.CH2Cl2.CH4/c1-23-18(16-3-5-17(6-4-16)25(2)24)21-22-19(23)20-10-13-7-14(11-20)9-15(8-13)12-20;1-23-18(16-3-5-17(24-2)6-4-16)21-22-19(23)20-10-13-7-14(11-20)9-15(8-13)12-20;2-1-3;/h3-6,13-15H,7-12H2,1-2H3;3-6,13-15H,7-12H2,1-2H3;1H2;1H4. The highest BCUT2D eigenvalue weighted by Gasteiger charge is 2.55. The van der Waals surface area contributed by atoms with E-state index in [2.05, 4.69) is 63.9 Å². The van der Waals surface area contributed by atoms with Crippen molar-refractivity contribution in [3.05, 3.63) is 60.2 Å². The molecule has 12 rings (SSSR count). The second kappa shape index (κ2) is 15.7. The average Bonchev–Trinajstić information content (AvgIpc) is 3.71. The predicted molar refractivity (Wildman–Crippen MR) is 220 cm³/mol. The lowest BCUT2D eigenvalue weighted by atomic mass is 9.49. The van der Waals surface area contributed by atoms with Crippen molar-refractivity contribution < 1.29 is 4.21 Å². The Morgan fingerprint density at radius 1 is 0.642 bits per heavy atom. The van der Waals surface area contributed by atoms with Crippen LogP contribution in [0.1, 0.15) is 96.1 Å². The number of aromatic nitrogens is 6. The molecule has 0 radical (unpaired) electrons. The maximum absolute atomic E-state index is 11.6. The number of halogens is 2. The molecule has 11 heteroatoms. The molecular formula is C42H56Cl2N6OS2. The molecule has 0 N–H and O–H groups in total. The maximum atomic E-state index is 11.6. The van der Waals surface area contributed by atoms with Crippen LogP contribution < -0.4 is 0 Å². The predicted octanol–water partition coefficient (Wildman–Crippen LogP) is 10.4. The summed E-state index contributed by atoms with van der Waals surface area (Å²) < 4.78 is 16.1. The molecule has 8 aliphatic rings. The summed E-state index contributed by atoms with van der Waals surface area (Å²) in [6, 6.07) is 16.6. The Morgan fingerprint density at radius 2 is 0.962 bits per heavy atom. The number of rotatable bonds is 6. The van der Waals surface area contributed by atoms with Crippen LogP contribution in [0.2, 0.25) is 0 Å². The molecule has 8 saturated carbocycles. The Kier molecular flexibility index (Phi) is 11.6. The monoisotopic (exact) mass is 794 g/mol. The first kappa shape index (κ1) is 39.1. The lowest BCUT2D eigenvalue weighted by molar-refractivity contribution is -0.0108. The maximum Gasteiger partial charge on any atom is 0.163 e. The SMILES string of the molecule is C.CSc1ccc(-c2nnc(C34CC5CC(CC(C5)C3)C4)n2C)cc1.ClCCl.Cn1c(-c2ccc(S(C)=O)cc2)nnc1C12CC3CC(CC(C3)C1)C2. The molecule has 1 unspecified atom stereocenters. The van der Waals surface area contributed by atoms with E-state index in [1.165, 1.54) is 99.2 Å². The van der Waals surface area contributed by atoms with Gasteiger partial charge in [0.1, 0.15) is 11.6 Å². The van der Waals surface area contributed by atoms with Crippen molar-refractivity contribution in [2.24, 2.45) is 49.6 Å². The van der Waals surface area contributed by atoms with Crippen LogP contribution in [-0.2, 0) is 35.7 Å². The minimum atomic E-state index is -0.944. The van der Waals surface area contributed by atoms with E-state index in [4.69, 9.17) is 33.4 Å². The van der Waals surface area contributed by atoms with Gasteiger partial charge in [0.25, 0.3) is 0 Å². The highest BCUT2D eigenvalue weighted by atomic mass is 35.5. The molecular weight excluding hydrogens is 740 g/mol. The van der Waals surface area contributed by atoms with Crippen LogP contribution in [0.25, 0.3) is 22.8 Å².